The molecule has 1 aliphatic rings. The van der Waals surface area contributed by atoms with Crippen molar-refractivity contribution in [2.24, 2.45) is 5.41 Å². The van der Waals surface area contributed by atoms with Gasteiger partial charge in [0.2, 0.25) is 0 Å². The van der Waals surface area contributed by atoms with E-state index in [0.29, 0.717) is 13.2 Å². The summed E-state index contributed by atoms with van der Waals surface area (Å²) >= 11 is 0. The molecular weight excluding hydrogens is 226 g/mol. The summed E-state index contributed by atoms with van der Waals surface area (Å²) in [5, 5.41) is 11.6. The topological polar surface area (TPSA) is 84.9 Å². The molecule has 0 saturated carbocycles. The smallest absolute Gasteiger partial charge is 0.326 e. The standard InChI is InChI=1S/C11H19NO5/c1-11(2,3)8(10(14)15)12-9(13)7-6-16-4-5-17-7/h7-8H,4-6H2,1-3H3,(H,12,13)(H,14,15)/t7?,8-/m1/s1. The Morgan fingerprint density at radius 1 is 1.35 bits per heavy atom. The molecule has 0 radical (unpaired) electrons. The van der Waals surface area contributed by atoms with E-state index in [2.05, 4.69) is 5.32 Å². The second kappa shape index (κ2) is 5.46. The molecule has 1 rings (SSSR count). The molecule has 1 fully saturated rings. The fourth-order valence-corrected chi connectivity index (χ4v) is 1.52. The van der Waals surface area contributed by atoms with Gasteiger partial charge in [-0.2, -0.15) is 0 Å². The monoisotopic (exact) mass is 245 g/mol. The normalized spacial score (nSPS) is 22.9. The molecule has 6 nitrogen and oxygen atoms in total. The lowest BCUT2D eigenvalue weighted by Crippen LogP contribution is -2.54. The molecule has 1 unspecified atom stereocenters. The average molecular weight is 245 g/mol. The van der Waals surface area contributed by atoms with Crippen LogP contribution in [-0.2, 0) is 19.1 Å². The first kappa shape index (κ1) is 13.9. The molecule has 17 heavy (non-hydrogen) atoms. The molecule has 1 saturated heterocycles. The predicted molar refractivity (Wildman–Crippen MR) is 59.6 cm³/mol. The second-order valence-electron chi connectivity index (χ2n) is 5.08. The lowest BCUT2D eigenvalue weighted by molar-refractivity contribution is -0.154. The lowest BCUT2D eigenvalue weighted by atomic mass is 9.86. The number of carboxylic acids is 1. The van der Waals surface area contributed by atoms with E-state index in [4.69, 9.17) is 14.6 Å². The third-order valence-electron chi connectivity index (χ3n) is 2.51. The molecule has 1 aliphatic heterocycles. The number of rotatable bonds is 3. The Morgan fingerprint density at radius 3 is 2.41 bits per heavy atom. The highest BCUT2D eigenvalue weighted by atomic mass is 16.6. The van der Waals surface area contributed by atoms with Gasteiger partial charge in [0.15, 0.2) is 6.10 Å². The summed E-state index contributed by atoms with van der Waals surface area (Å²) in [7, 11) is 0. The fraction of sp³-hybridized carbons (Fsp3) is 0.818. The minimum absolute atomic E-state index is 0.169. The number of ether oxygens (including phenoxy) is 2. The number of carboxylic acid groups (broad SMARTS) is 1. The van der Waals surface area contributed by atoms with Crippen molar-refractivity contribution in [2.45, 2.75) is 32.9 Å². The van der Waals surface area contributed by atoms with E-state index in [1.807, 2.05) is 0 Å². The summed E-state index contributed by atoms with van der Waals surface area (Å²) in [6, 6.07) is -0.944. The van der Waals surface area contributed by atoms with E-state index in [-0.39, 0.29) is 6.61 Å². The van der Waals surface area contributed by atoms with Gasteiger partial charge in [-0.3, -0.25) is 4.79 Å². The maximum absolute atomic E-state index is 11.8. The molecule has 2 atom stereocenters. The van der Waals surface area contributed by atoms with E-state index >= 15 is 0 Å². The van der Waals surface area contributed by atoms with E-state index in [0.717, 1.165) is 0 Å². The van der Waals surface area contributed by atoms with Crippen molar-refractivity contribution < 1.29 is 24.2 Å². The van der Waals surface area contributed by atoms with Crippen LogP contribution in [0.5, 0.6) is 0 Å². The summed E-state index contributed by atoms with van der Waals surface area (Å²) < 4.78 is 10.3. The number of carbonyl (C=O) groups is 2. The van der Waals surface area contributed by atoms with Gasteiger partial charge in [0, 0.05) is 0 Å². The molecule has 0 aromatic heterocycles. The van der Waals surface area contributed by atoms with Crippen molar-refractivity contribution >= 4 is 11.9 Å². The quantitative estimate of drug-likeness (QED) is 0.732. The lowest BCUT2D eigenvalue weighted by Gasteiger charge is -2.30. The Labute approximate surface area is 100 Å². The van der Waals surface area contributed by atoms with Crippen molar-refractivity contribution in [1.29, 1.82) is 0 Å². The summed E-state index contributed by atoms with van der Waals surface area (Å²) in [5.74, 6) is -1.49. The van der Waals surface area contributed by atoms with Crippen molar-refractivity contribution in [3.05, 3.63) is 0 Å². The molecule has 0 spiro atoms. The molecule has 2 N–H and O–H groups in total. The Balaban J connectivity index is 2.60. The Bertz CT molecular complexity index is 291. The van der Waals surface area contributed by atoms with Crippen molar-refractivity contribution in [2.75, 3.05) is 19.8 Å². The number of amides is 1. The molecule has 0 bridgehead atoms. The zero-order valence-corrected chi connectivity index (χ0v) is 10.4. The van der Waals surface area contributed by atoms with E-state index in [1.165, 1.54) is 0 Å². The van der Waals surface area contributed by atoms with Gasteiger partial charge in [-0.25, -0.2) is 4.79 Å². The molecule has 98 valence electrons. The first-order valence-electron chi connectivity index (χ1n) is 5.55. The van der Waals surface area contributed by atoms with Gasteiger partial charge < -0.3 is 19.9 Å². The first-order valence-corrected chi connectivity index (χ1v) is 5.55. The predicted octanol–water partition coefficient (Wildman–Crippen LogP) is 0.0173. The molecule has 0 aromatic rings. The Hall–Kier alpha value is -1.14. The van der Waals surface area contributed by atoms with E-state index < -0.39 is 29.4 Å². The van der Waals surface area contributed by atoms with Crippen molar-refractivity contribution in [1.82, 2.24) is 5.32 Å². The molecular formula is C11H19NO5. The van der Waals surface area contributed by atoms with Gasteiger partial charge in [-0.1, -0.05) is 20.8 Å². The summed E-state index contributed by atoms with van der Waals surface area (Å²) in [6.07, 6.45) is -0.715. The highest BCUT2D eigenvalue weighted by molar-refractivity contribution is 5.86. The number of aliphatic carboxylic acids is 1. The number of carbonyl (C=O) groups excluding carboxylic acids is 1. The maximum atomic E-state index is 11.8. The average Bonchev–Trinajstić information content (AvgIpc) is 2.24. The van der Waals surface area contributed by atoms with Crippen LogP contribution >= 0.6 is 0 Å². The van der Waals surface area contributed by atoms with Gasteiger partial charge in [-0.05, 0) is 5.41 Å². The maximum Gasteiger partial charge on any atom is 0.326 e. The van der Waals surface area contributed by atoms with Crippen LogP contribution < -0.4 is 5.32 Å². The molecule has 1 amide bonds. The van der Waals surface area contributed by atoms with Gasteiger partial charge in [-0.15, -0.1) is 0 Å². The largest absolute Gasteiger partial charge is 0.480 e. The van der Waals surface area contributed by atoms with Crippen LogP contribution in [0.25, 0.3) is 0 Å². The zero-order chi connectivity index (χ0) is 13.1. The SMILES string of the molecule is CC(C)(C)[C@H](NC(=O)C1COCCO1)C(=O)O. The van der Waals surface area contributed by atoms with Gasteiger partial charge >= 0.3 is 5.97 Å². The van der Waals surface area contributed by atoms with Crippen LogP contribution in [0.1, 0.15) is 20.8 Å². The minimum Gasteiger partial charge on any atom is -0.480 e. The molecule has 6 heteroatoms. The van der Waals surface area contributed by atoms with Gasteiger partial charge in [0.1, 0.15) is 6.04 Å². The van der Waals surface area contributed by atoms with Crippen LogP contribution in [0.2, 0.25) is 0 Å². The van der Waals surface area contributed by atoms with Crippen molar-refractivity contribution in [3.63, 3.8) is 0 Å². The minimum atomic E-state index is -1.05. The second-order valence-corrected chi connectivity index (χ2v) is 5.08. The molecule has 1 heterocycles. The van der Waals surface area contributed by atoms with Crippen LogP contribution in [0.3, 0.4) is 0 Å². The summed E-state index contributed by atoms with van der Waals surface area (Å²) in [5.41, 5.74) is -0.559. The number of hydrogen-bond acceptors (Lipinski definition) is 4. The van der Waals surface area contributed by atoms with Crippen LogP contribution in [-0.4, -0.2) is 48.9 Å². The molecule has 0 aromatic carbocycles. The highest BCUT2D eigenvalue weighted by Crippen LogP contribution is 2.19. The summed E-state index contributed by atoms with van der Waals surface area (Å²) in [6.45, 7) is 6.25. The van der Waals surface area contributed by atoms with Crippen LogP contribution in [0, 0.1) is 5.41 Å². The molecule has 0 aliphatic carbocycles. The number of hydrogen-bond donors (Lipinski definition) is 2. The van der Waals surface area contributed by atoms with Gasteiger partial charge in [0.05, 0.1) is 19.8 Å². The Kier molecular flexibility index (Phi) is 4.47. The van der Waals surface area contributed by atoms with Gasteiger partial charge in [0.25, 0.3) is 5.91 Å². The van der Waals surface area contributed by atoms with E-state index in [1.54, 1.807) is 20.8 Å². The van der Waals surface area contributed by atoms with Crippen LogP contribution in [0.15, 0.2) is 0 Å². The van der Waals surface area contributed by atoms with Crippen LogP contribution in [0.4, 0.5) is 0 Å². The number of nitrogens with one attached hydrogen (secondary N) is 1. The third kappa shape index (κ3) is 3.98. The first-order chi connectivity index (χ1) is 7.82. The fourth-order valence-electron chi connectivity index (χ4n) is 1.52. The van der Waals surface area contributed by atoms with E-state index in [9.17, 15) is 9.59 Å². The summed E-state index contributed by atoms with van der Waals surface area (Å²) in [4.78, 5) is 22.9. The van der Waals surface area contributed by atoms with Crippen molar-refractivity contribution in [3.8, 4) is 0 Å². The Morgan fingerprint density at radius 2 is 2.00 bits per heavy atom. The zero-order valence-electron chi connectivity index (χ0n) is 10.4. The third-order valence-corrected chi connectivity index (χ3v) is 2.51. The highest BCUT2D eigenvalue weighted by Gasteiger charge is 2.35.